The molecule has 0 bridgehead atoms. The van der Waals surface area contributed by atoms with Gasteiger partial charge in [-0.1, -0.05) is 48.9 Å². The molecule has 29 heavy (non-hydrogen) atoms. The molecule has 0 saturated carbocycles. The lowest BCUT2D eigenvalue weighted by atomic mass is 9.97. The van der Waals surface area contributed by atoms with Crippen molar-refractivity contribution in [1.29, 1.82) is 0 Å². The Bertz CT molecular complexity index is 958. The lowest BCUT2D eigenvalue weighted by Gasteiger charge is -2.30. The van der Waals surface area contributed by atoms with Gasteiger partial charge in [0.15, 0.2) is 0 Å². The molecule has 2 aromatic carbocycles. The Morgan fingerprint density at radius 3 is 2.79 bits per heavy atom. The SMILES string of the molecule is OC(OCc1ccccc1)N1CCCCC(C2Cn3c(nc4ccccc43)O2)C1. The van der Waals surface area contributed by atoms with Crippen LogP contribution in [0.2, 0.25) is 0 Å². The van der Waals surface area contributed by atoms with E-state index in [2.05, 4.69) is 15.6 Å². The van der Waals surface area contributed by atoms with Crippen LogP contribution in [0, 0.1) is 5.92 Å². The van der Waals surface area contributed by atoms with Gasteiger partial charge in [0.2, 0.25) is 6.41 Å². The summed E-state index contributed by atoms with van der Waals surface area (Å²) < 4.78 is 14.2. The number of benzene rings is 2. The first-order valence-electron chi connectivity index (χ1n) is 10.5. The van der Waals surface area contributed by atoms with Crippen molar-refractivity contribution in [3.05, 3.63) is 60.2 Å². The zero-order valence-electron chi connectivity index (χ0n) is 16.5. The Labute approximate surface area is 170 Å². The molecule has 3 atom stereocenters. The maximum absolute atomic E-state index is 10.6. The van der Waals surface area contributed by atoms with E-state index >= 15 is 0 Å². The van der Waals surface area contributed by atoms with Gasteiger partial charge in [-0.05, 0) is 30.5 Å². The highest BCUT2D eigenvalue weighted by Crippen LogP contribution is 2.33. The third kappa shape index (κ3) is 3.88. The van der Waals surface area contributed by atoms with E-state index in [1.54, 1.807) is 0 Å². The number of ether oxygens (including phenoxy) is 2. The van der Waals surface area contributed by atoms with Crippen LogP contribution in [0.25, 0.3) is 11.0 Å². The minimum absolute atomic E-state index is 0.0871. The number of hydrogen-bond acceptors (Lipinski definition) is 5. The van der Waals surface area contributed by atoms with Gasteiger partial charge in [0.25, 0.3) is 6.01 Å². The summed E-state index contributed by atoms with van der Waals surface area (Å²) in [6.45, 7) is 2.83. The van der Waals surface area contributed by atoms with Crippen LogP contribution in [-0.4, -0.2) is 45.2 Å². The highest BCUT2D eigenvalue weighted by molar-refractivity contribution is 5.76. The first kappa shape index (κ1) is 18.6. The predicted molar refractivity (Wildman–Crippen MR) is 110 cm³/mol. The Kier molecular flexibility index (Phi) is 5.23. The molecular formula is C23H27N3O3. The normalized spacial score (nSPS) is 23.5. The van der Waals surface area contributed by atoms with E-state index < -0.39 is 6.41 Å². The van der Waals surface area contributed by atoms with Gasteiger partial charge in [-0.3, -0.25) is 9.47 Å². The molecule has 3 heterocycles. The third-order valence-electron chi connectivity index (χ3n) is 6.06. The van der Waals surface area contributed by atoms with E-state index in [-0.39, 0.29) is 6.10 Å². The van der Waals surface area contributed by atoms with Gasteiger partial charge in [0.1, 0.15) is 6.10 Å². The number of para-hydroxylation sites is 2. The van der Waals surface area contributed by atoms with Crippen LogP contribution in [-0.2, 0) is 17.9 Å². The standard InChI is InChI=1S/C23H27N3O3/c27-23(28-16-17-8-2-1-3-9-17)25-13-7-6-10-18(14-25)21-15-26-20-12-5-4-11-19(20)24-22(26)29-21/h1-5,8-9,11-12,18,21,23,27H,6-7,10,13-16H2. The monoisotopic (exact) mass is 393 g/mol. The van der Waals surface area contributed by atoms with Crippen LogP contribution >= 0.6 is 0 Å². The molecule has 5 rings (SSSR count). The number of rotatable bonds is 5. The number of nitrogens with zero attached hydrogens (tertiary/aromatic N) is 3. The topological polar surface area (TPSA) is 59.8 Å². The van der Waals surface area contributed by atoms with Gasteiger partial charge in [0.05, 0.1) is 24.2 Å². The van der Waals surface area contributed by atoms with E-state index in [1.807, 2.05) is 53.4 Å². The van der Waals surface area contributed by atoms with Crippen LogP contribution < -0.4 is 4.74 Å². The molecule has 2 aliphatic heterocycles. The Hall–Kier alpha value is -2.41. The molecule has 2 aliphatic rings. The second-order valence-corrected chi connectivity index (χ2v) is 8.02. The van der Waals surface area contributed by atoms with Crippen LogP contribution in [0.5, 0.6) is 6.01 Å². The van der Waals surface area contributed by atoms with Crippen LogP contribution in [0.15, 0.2) is 54.6 Å². The van der Waals surface area contributed by atoms with Gasteiger partial charge in [-0.15, -0.1) is 0 Å². The van der Waals surface area contributed by atoms with Crippen LogP contribution in [0.3, 0.4) is 0 Å². The van der Waals surface area contributed by atoms with Gasteiger partial charge in [-0.2, -0.15) is 4.98 Å². The molecule has 1 saturated heterocycles. The molecule has 3 unspecified atom stereocenters. The maximum atomic E-state index is 10.6. The summed E-state index contributed by atoms with van der Waals surface area (Å²) in [6, 6.07) is 18.8. The molecule has 3 aromatic rings. The molecule has 0 amide bonds. The van der Waals surface area contributed by atoms with Gasteiger partial charge >= 0.3 is 0 Å². The van der Waals surface area contributed by atoms with E-state index in [9.17, 15) is 5.11 Å². The fraction of sp³-hybridized carbons (Fsp3) is 0.435. The van der Waals surface area contributed by atoms with E-state index in [0.29, 0.717) is 18.5 Å². The second-order valence-electron chi connectivity index (χ2n) is 8.02. The Morgan fingerprint density at radius 1 is 1.07 bits per heavy atom. The zero-order chi connectivity index (χ0) is 19.6. The van der Waals surface area contributed by atoms with Crippen molar-refractivity contribution in [3.8, 4) is 6.01 Å². The summed E-state index contributed by atoms with van der Waals surface area (Å²) in [7, 11) is 0. The molecular weight excluding hydrogens is 366 g/mol. The number of likely N-dealkylation sites (tertiary alicyclic amines) is 1. The lowest BCUT2D eigenvalue weighted by Crippen LogP contribution is -2.43. The zero-order valence-corrected chi connectivity index (χ0v) is 16.5. The minimum Gasteiger partial charge on any atom is -0.459 e. The Morgan fingerprint density at radius 2 is 1.90 bits per heavy atom. The van der Waals surface area contributed by atoms with E-state index in [0.717, 1.165) is 55.5 Å². The van der Waals surface area contributed by atoms with Crippen molar-refractivity contribution >= 4 is 11.0 Å². The summed E-state index contributed by atoms with van der Waals surface area (Å²) in [5, 5.41) is 10.6. The molecule has 1 N–H and O–H groups in total. The van der Waals surface area contributed by atoms with Crippen molar-refractivity contribution in [2.75, 3.05) is 13.1 Å². The number of imidazole rings is 1. The number of hydrogen-bond donors (Lipinski definition) is 1. The van der Waals surface area contributed by atoms with Crippen LogP contribution in [0.1, 0.15) is 24.8 Å². The average molecular weight is 393 g/mol. The highest BCUT2D eigenvalue weighted by Gasteiger charge is 2.35. The predicted octanol–water partition coefficient (Wildman–Crippen LogP) is 3.39. The average Bonchev–Trinajstić information content (AvgIpc) is 3.21. The summed E-state index contributed by atoms with van der Waals surface area (Å²) in [5.41, 5.74) is 3.17. The van der Waals surface area contributed by atoms with Gasteiger partial charge in [-0.25, -0.2) is 0 Å². The second kappa shape index (κ2) is 8.14. The molecule has 0 radical (unpaired) electrons. The maximum Gasteiger partial charge on any atom is 0.297 e. The number of aliphatic hydroxyl groups is 1. The molecule has 1 fully saturated rings. The fourth-order valence-corrected chi connectivity index (χ4v) is 4.48. The lowest BCUT2D eigenvalue weighted by molar-refractivity contribution is -0.203. The fourth-order valence-electron chi connectivity index (χ4n) is 4.48. The summed E-state index contributed by atoms with van der Waals surface area (Å²) >= 11 is 0. The summed E-state index contributed by atoms with van der Waals surface area (Å²) in [6.07, 6.45) is 2.48. The molecule has 0 spiro atoms. The van der Waals surface area contributed by atoms with Crippen molar-refractivity contribution < 1.29 is 14.6 Å². The largest absolute Gasteiger partial charge is 0.459 e. The smallest absolute Gasteiger partial charge is 0.297 e. The summed E-state index contributed by atoms with van der Waals surface area (Å²) in [4.78, 5) is 6.68. The van der Waals surface area contributed by atoms with E-state index in [4.69, 9.17) is 9.47 Å². The summed E-state index contributed by atoms with van der Waals surface area (Å²) in [5.74, 6) is 0.341. The minimum atomic E-state index is -0.893. The van der Waals surface area contributed by atoms with Crippen LogP contribution in [0.4, 0.5) is 0 Å². The molecule has 0 aliphatic carbocycles. The van der Waals surface area contributed by atoms with E-state index in [1.165, 1.54) is 0 Å². The number of fused-ring (bicyclic) bond motifs is 3. The highest BCUT2D eigenvalue weighted by atomic mass is 16.6. The third-order valence-corrected chi connectivity index (χ3v) is 6.06. The van der Waals surface area contributed by atoms with Crippen molar-refractivity contribution in [2.45, 2.75) is 44.9 Å². The first-order chi connectivity index (χ1) is 14.3. The number of aromatic nitrogens is 2. The molecule has 6 nitrogen and oxygen atoms in total. The van der Waals surface area contributed by atoms with Crippen molar-refractivity contribution in [2.24, 2.45) is 5.92 Å². The number of aliphatic hydroxyl groups excluding tert-OH is 1. The molecule has 6 heteroatoms. The molecule has 1 aromatic heterocycles. The molecule has 152 valence electrons. The first-order valence-corrected chi connectivity index (χ1v) is 10.5. The van der Waals surface area contributed by atoms with Gasteiger partial charge < -0.3 is 14.6 Å². The van der Waals surface area contributed by atoms with Crippen molar-refractivity contribution in [1.82, 2.24) is 14.5 Å². The van der Waals surface area contributed by atoms with Crippen molar-refractivity contribution in [3.63, 3.8) is 0 Å². The quantitative estimate of drug-likeness (QED) is 0.674. The van der Waals surface area contributed by atoms with Gasteiger partial charge in [0, 0.05) is 19.0 Å². The Balaban J connectivity index is 1.23.